The van der Waals surface area contributed by atoms with Gasteiger partial charge in [-0.2, -0.15) is 5.10 Å². The summed E-state index contributed by atoms with van der Waals surface area (Å²) in [4.78, 5) is 12.0. The average Bonchev–Trinajstić information content (AvgIpc) is 2.61. The van der Waals surface area contributed by atoms with Crippen molar-refractivity contribution in [3.63, 3.8) is 0 Å². The third kappa shape index (κ3) is 6.19. The molecule has 0 saturated carbocycles. The highest BCUT2D eigenvalue weighted by Gasteiger charge is 2.09. The van der Waals surface area contributed by atoms with Crippen molar-refractivity contribution in [3.8, 4) is 5.75 Å². The zero-order chi connectivity index (χ0) is 18.9. The highest BCUT2D eigenvalue weighted by atomic mass is 35.5. The molecule has 138 valence electrons. The van der Waals surface area contributed by atoms with E-state index in [9.17, 15) is 4.79 Å². The molecule has 5 heteroatoms. The first-order valence-corrected chi connectivity index (χ1v) is 9.16. The van der Waals surface area contributed by atoms with Gasteiger partial charge in [0.1, 0.15) is 5.75 Å². The summed E-state index contributed by atoms with van der Waals surface area (Å²) in [6.07, 6.45) is 0.974. The normalized spacial score (nSPS) is 11.5. The molecule has 0 heterocycles. The highest BCUT2D eigenvalue weighted by molar-refractivity contribution is 6.30. The first-order chi connectivity index (χ1) is 12.5. The number of halogens is 1. The molecule has 0 fully saturated rings. The summed E-state index contributed by atoms with van der Waals surface area (Å²) in [6, 6.07) is 15.4. The van der Waals surface area contributed by atoms with Crippen molar-refractivity contribution >= 4 is 23.2 Å². The van der Waals surface area contributed by atoms with Gasteiger partial charge < -0.3 is 4.74 Å². The average molecular weight is 373 g/mol. The van der Waals surface area contributed by atoms with Gasteiger partial charge in [-0.25, -0.2) is 5.43 Å². The maximum Gasteiger partial charge on any atom is 0.240 e. The maximum atomic E-state index is 12.0. The Morgan fingerprint density at radius 2 is 1.92 bits per heavy atom. The van der Waals surface area contributed by atoms with E-state index in [0.29, 0.717) is 24.5 Å². The van der Waals surface area contributed by atoms with Crippen LogP contribution in [0.2, 0.25) is 5.02 Å². The molecule has 4 nitrogen and oxygen atoms in total. The Bertz CT molecular complexity index is 758. The minimum absolute atomic E-state index is 0.115. The van der Waals surface area contributed by atoms with Gasteiger partial charge in [0.25, 0.3) is 0 Å². The van der Waals surface area contributed by atoms with E-state index in [1.165, 1.54) is 0 Å². The van der Waals surface area contributed by atoms with E-state index < -0.39 is 0 Å². The Morgan fingerprint density at radius 1 is 1.19 bits per heavy atom. The molecule has 0 aromatic heterocycles. The van der Waals surface area contributed by atoms with Crippen molar-refractivity contribution in [2.24, 2.45) is 11.0 Å². The standard InChI is InChI=1S/C21H25ClN2O2/c1-15(2)21(17-8-5-4-6-9-17)24-23-20(25)10-7-13-26-19-12-11-18(22)14-16(19)3/h4-6,8-9,11-12,14-15H,7,10,13H2,1-3H3,(H,23,25)/b24-21+. The van der Waals surface area contributed by atoms with E-state index in [1.54, 1.807) is 6.07 Å². The molecule has 1 amide bonds. The SMILES string of the molecule is Cc1cc(Cl)ccc1OCCCC(=O)N/N=C(/c1ccccc1)C(C)C. The molecule has 0 aliphatic rings. The van der Waals surface area contributed by atoms with Gasteiger partial charge in [0, 0.05) is 11.4 Å². The van der Waals surface area contributed by atoms with Crippen LogP contribution in [0.5, 0.6) is 5.75 Å². The van der Waals surface area contributed by atoms with Crippen LogP contribution in [0.15, 0.2) is 53.6 Å². The van der Waals surface area contributed by atoms with Gasteiger partial charge in [-0.15, -0.1) is 0 Å². The molecule has 0 spiro atoms. The van der Waals surface area contributed by atoms with Gasteiger partial charge in [0.05, 0.1) is 12.3 Å². The van der Waals surface area contributed by atoms with Gasteiger partial charge >= 0.3 is 0 Å². The lowest BCUT2D eigenvalue weighted by Crippen LogP contribution is -2.22. The molecule has 0 unspecified atom stereocenters. The van der Waals surface area contributed by atoms with Gasteiger partial charge in [0.2, 0.25) is 5.91 Å². The second kappa shape index (κ2) is 9.97. The summed E-state index contributed by atoms with van der Waals surface area (Å²) >= 11 is 5.93. The van der Waals surface area contributed by atoms with Gasteiger partial charge in [-0.05, 0) is 48.6 Å². The second-order valence-electron chi connectivity index (χ2n) is 6.41. The molecule has 1 N–H and O–H groups in total. The molecule has 0 atom stereocenters. The number of carbonyl (C=O) groups is 1. The van der Waals surface area contributed by atoms with E-state index in [0.717, 1.165) is 22.6 Å². The predicted molar refractivity (Wildman–Crippen MR) is 107 cm³/mol. The van der Waals surface area contributed by atoms with E-state index in [2.05, 4.69) is 24.4 Å². The number of ether oxygens (including phenoxy) is 1. The number of hydrazone groups is 1. The molecule has 0 aliphatic heterocycles. The summed E-state index contributed by atoms with van der Waals surface area (Å²) in [5, 5.41) is 5.00. The molecule has 26 heavy (non-hydrogen) atoms. The fourth-order valence-electron chi connectivity index (χ4n) is 2.50. The number of hydrogen-bond donors (Lipinski definition) is 1. The predicted octanol–water partition coefficient (Wildman–Crippen LogP) is 4.98. The number of aryl methyl sites for hydroxylation is 1. The van der Waals surface area contributed by atoms with Crippen LogP contribution in [-0.2, 0) is 4.79 Å². The Hall–Kier alpha value is -2.33. The van der Waals surface area contributed by atoms with Gasteiger partial charge in [-0.3, -0.25) is 4.79 Å². The third-order valence-corrected chi connectivity index (χ3v) is 4.10. The number of rotatable bonds is 8. The largest absolute Gasteiger partial charge is 0.493 e. The smallest absolute Gasteiger partial charge is 0.240 e. The Labute approximate surface area is 160 Å². The summed E-state index contributed by atoms with van der Waals surface area (Å²) in [7, 11) is 0. The molecule has 0 saturated heterocycles. The lowest BCUT2D eigenvalue weighted by atomic mass is 10.0. The summed E-state index contributed by atoms with van der Waals surface area (Å²) in [5.41, 5.74) is 5.52. The van der Waals surface area contributed by atoms with Crippen LogP contribution < -0.4 is 10.2 Å². The lowest BCUT2D eigenvalue weighted by molar-refractivity contribution is -0.121. The number of nitrogens with zero attached hydrogens (tertiary/aromatic N) is 1. The van der Waals surface area contributed by atoms with Gasteiger partial charge in [0.15, 0.2) is 0 Å². The van der Waals surface area contributed by atoms with Crippen molar-refractivity contribution in [1.29, 1.82) is 0 Å². The number of amides is 1. The number of carbonyl (C=O) groups excluding carboxylic acids is 1. The monoisotopic (exact) mass is 372 g/mol. The number of hydrogen-bond acceptors (Lipinski definition) is 3. The lowest BCUT2D eigenvalue weighted by Gasteiger charge is -2.11. The van der Waals surface area contributed by atoms with Crippen LogP contribution in [0.4, 0.5) is 0 Å². The molecule has 2 rings (SSSR count). The van der Waals surface area contributed by atoms with Crippen LogP contribution in [0, 0.1) is 12.8 Å². The zero-order valence-electron chi connectivity index (χ0n) is 15.5. The molecule has 0 aliphatic carbocycles. The van der Waals surface area contributed by atoms with Crippen molar-refractivity contribution in [3.05, 3.63) is 64.7 Å². The minimum Gasteiger partial charge on any atom is -0.493 e. The van der Waals surface area contributed by atoms with Crippen LogP contribution in [0.1, 0.15) is 37.8 Å². The summed E-state index contributed by atoms with van der Waals surface area (Å²) in [5.74, 6) is 0.892. The Balaban J connectivity index is 1.80. The first kappa shape index (κ1) is 20.0. The third-order valence-electron chi connectivity index (χ3n) is 3.86. The van der Waals surface area contributed by atoms with Crippen LogP contribution in [0.3, 0.4) is 0 Å². The molecular formula is C21H25ClN2O2. The topological polar surface area (TPSA) is 50.7 Å². The molecule has 0 radical (unpaired) electrons. The second-order valence-corrected chi connectivity index (χ2v) is 6.85. The van der Waals surface area contributed by atoms with Crippen LogP contribution in [0.25, 0.3) is 0 Å². The fourth-order valence-corrected chi connectivity index (χ4v) is 2.73. The molecular weight excluding hydrogens is 348 g/mol. The Kier molecular flexibility index (Phi) is 7.67. The number of benzene rings is 2. The minimum atomic E-state index is -0.115. The van der Waals surface area contributed by atoms with E-state index in [-0.39, 0.29) is 11.8 Å². The highest BCUT2D eigenvalue weighted by Crippen LogP contribution is 2.21. The fraction of sp³-hybridized carbons (Fsp3) is 0.333. The van der Waals surface area contributed by atoms with Crippen LogP contribution >= 0.6 is 11.6 Å². The van der Waals surface area contributed by atoms with Crippen molar-refractivity contribution < 1.29 is 9.53 Å². The Morgan fingerprint density at radius 3 is 2.58 bits per heavy atom. The quantitative estimate of drug-likeness (QED) is 0.403. The molecule has 0 bridgehead atoms. The van der Waals surface area contributed by atoms with Crippen molar-refractivity contribution in [2.45, 2.75) is 33.6 Å². The zero-order valence-corrected chi connectivity index (χ0v) is 16.2. The van der Waals surface area contributed by atoms with Crippen LogP contribution in [-0.4, -0.2) is 18.2 Å². The van der Waals surface area contributed by atoms with Crippen molar-refractivity contribution in [1.82, 2.24) is 5.43 Å². The maximum absolute atomic E-state index is 12.0. The number of nitrogens with one attached hydrogen (secondary N) is 1. The molecule has 2 aromatic carbocycles. The van der Waals surface area contributed by atoms with E-state index in [1.807, 2.05) is 49.4 Å². The van der Waals surface area contributed by atoms with Gasteiger partial charge in [-0.1, -0.05) is 55.8 Å². The summed E-state index contributed by atoms with van der Waals surface area (Å²) in [6.45, 7) is 6.52. The molecule has 2 aromatic rings. The van der Waals surface area contributed by atoms with Crippen molar-refractivity contribution in [2.75, 3.05) is 6.61 Å². The first-order valence-electron chi connectivity index (χ1n) is 8.78. The van der Waals surface area contributed by atoms with E-state index in [4.69, 9.17) is 16.3 Å². The van der Waals surface area contributed by atoms with E-state index >= 15 is 0 Å². The summed E-state index contributed by atoms with van der Waals surface area (Å²) < 4.78 is 5.70.